The molecular weight excluding hydrogens is 278 g/mol. The number of carbonyl (C=O) groups excluding carboxylic acids is 1. The van der Waals surface area contributed by atoms with Crippen molar-refractivity contribution in [3.8, 4) is 0 Å². The average Bonchev–Trinajstić information content (AvgIpc) is 3.08. The quantitative estimate of drug-likeness (QED) is 0.800. The van der Waals surface area contributed by atoms with Crippen LogP contribution >= 0.6 is 0 Å². The summed E-state index contributed by atoms with van der Waals surface area (Å²) in [4.78, 5) is 12.5. The van der Waals surface area contributed by atoms with E-state index in [-0.39, 0.29) is 22.9 Å². The maximum atomic E-state index is 12.5. The van der Waals surface area contributed by atoms with Gasteiger partial charge in [0.1, 0.15) is 12.4 Å². The molecule has 0 spiro atoms. The van der Waals surface area contributed by atoms with Crippen molar-refractivity contribution >= 4 is 11.6 Å². The summed E-state index contributed by atoms with van der Waals surface area (Å²) in [7, 11) is 0. The second kappa shape index (κ2) is 4.31. The summed E-state index contributed by atoms with van der Waals surface area (Å²) in [6.07, 6.45) is 6.73. The van der Waals surface area contributed by atoms with Crippen molar-refractivity contribution in [2.75, 3.05) is 0 Å². The first-order valence-electron chi connectivity index (χ1n) is 7.92. The molecule has 2 aromatic heterocycles. The molecule has 0 saturated heterocycles. The molecule has 2 bridgehead atoms. The molecule has 0 amide bonds. The van der Waals surface area contributed by atoms with Gasteiger partial charge in [0.15, 0.2) is 5.65 Å². The largest absolute Gasteiger partial charge is 0.458 e. The number of rotatable bonds is 2. The first-order chi connectivity index (χ1) is 10.4. The van der Waals surface area contributed by atoms with Gasteiger partial charge in [-0.1, -0.05) is 20.8 Å². The minimum absolute atomic E-state index is 0.0189. The van der Waals surface area contributed by atoms with Crippen LogP contribution in [-0.4, -0.2) is 26.7 Å². The Morgan fingerprint density at radius 1 is 1.36 bits per heavy atom. The maximum absolute atomic E-state index is 12.5. The average molecular weight is 299 g/mol. The summed E-state index contributed by atoms with van der Waals surface area (Å²) in [5.74, 6) is 0.417. The van der Waals surface area contributed by atoms with Crippen molar-refractivity contribution in [2.45, 2.75) is 46.1 Å². The van der Waals surface area contributed by atoms with Crippen molar-refractivity contribution in [1.82, 2.24) is 14.6 Å². The molecule has 2 aliphatic rings. The fourth-order valence-electron chi connectivity index (χ4n) is 4.45. The Morgan fingerprint density at radius 3 is 2.86 bits per heavy atom. The summed E-state index contributed by atoms with van der Waals surface area (Å²) in [5.41, 5.74) is 1.62. The van der Waals surface area contributed by atoms with Gasteiger partial charge in [-0.3, -0.25) is 4.40 Å². The molecule has 0 aromatic carbocycles. The van der Waals surface area contributed by atoms with Gasteiger partial charge in [0, 0.05) is 11.6 Å². The smallest absolute Gasteiger partial charge is 0.339 e. The van der Waals surface area contributed by atoms with E-state index in [0.717, 1.165) is 18.5 Å². The van der Waals surface area contributed by atoms with Crippen molar-refractivity contribution in [2.24, 2.45) is 16.7 Å². The van der Waals surface area contributed by atoms with Crippen LogP contribution in [0.25, 0.3) is 5.65 Å². The van der Waals surface area contributed by atoms with E-state index in [0.29, 0.717) is 11.5 Å². The van der Waals surface area contributed by atoms with Crippen molar-refractivity contribution < 1.29 is 9.53 Å². The van der Waals surface area contributed by atoms with Crippen molar-refractivity contribution in [3.05, 3.63) is 30.2 Å². The fourth-order valence-corrected chi connectivity index (χ4v) is 4.45. The molecule has 4 rings (SSSR count). The van der Waals surface area contributed by atoms with Crippen LogP contribution in [-0.2, 0) is 4.74 Å². The summed E-state index contributed by atoms with van der Waals surface area (Å²) in [5, 5.41) is 7.77. The van der Waals surface area contributed by atoms with E-state index >= 15 is 0 Å². The van der Waals surface area contributed by atoms with Crippen LogP contribution in [0.15, 0.2) is 24.7 Å². The Labute approximate surface area is 129 Å². The van der Waals surface area contributed by atoms with Gasteiger partial charge in [-0.05, 0) is 42.7 Å². The minimum atomic E-state index is -0.245. The zero-order valence-electron chi connectivity index (χ0n) is 13.2. The van der Waals surface area contributed by atoms with Crippen LogP contribution in [0.2, 0.25) is 0 Å². The molecule has 5 nitrogen and oxygen atoms in total. The van der Waals surface area contributed by atoms with E-state index in [1.807, 2.05) is 0 Å². The van der Waals surface area contributed by atoms with Gasteiger partial charge in [-0.25, -0.2) is 4.79 Å². The van der Waals surface area contributed by atoms with E-state index in [9.17, 15) is 4.79 Å². The zero-order valence-corrected chi connectivity index (χ0v) is 13.2. The first-order valence-corrected chi connectivity index (χ1v) is 7.92. The van der Waals surface area contributed by atoms with E-state index < -0.39 is 0 Å². The SMILES string of the molecule is CC1(C)[C@H]2CC[C@@]1(C)[C@@H](OC(=O)c1ccc3nncn3c1)C2. The summed E-state index contributed by atoms with van der Waals surface area (Å²) < 4.78 is 7.64. The van der Waals surface area contributed by atoms with Crippen LogP contribution in [0.5, 0.6) is 0 Å². The van der Waals surface area contributed by atoms with E-state index in [2.05, 4.69) is 31.0 Å². The lowest BCUT2D eigenvalue weighted by Gasteiger charge is -2.38. The van der Waals surface area contributed by atoms with E-state index in [1.165, 1.54) is 6.42 Å². The monoisotopic (exact) mass is 299 g/mol. The van der Waals surface area contributed by atoms with E-state index in [4.69, 9.17) is 4.74 Å². The molecule has 0 unspecified atom stereocenters. The van der Waals surface area contributed by atoms with Gasteiger partial charge in [0.2, 0.25) is 0 Å². The lowest BCUT2D eigenvalue weighted by molar-refractivity contribution is -0.0242. The van der Waals surface area contributed by atoms with Crippen LogP contribution < -0.4 is 0 Å². The third-order valence-electron chi connectivity index (χ3n) is 6.49. The molecule has 116 valence electrons. The minimum Gasteiger partial charge on any atom is -0.458 e. The molecule has 3 atom stereocenters. The Bertz CT molecular complexity index is 751. The van der Waals surface area contributed by atoms with Crippen LogP contribution in [0.3, 0.4) is 0 Å². The van der Waals surface area contributed by atoms with Gasteiger partial charge in [-0.2, -0.15) is 0 Å². The van der Waals surface area contributed by atoms with Gasteiger partial charge in [0.25, 0.3) is 0 Å². The standard InChI is InChI=1S/C17H21N3O2/c1-16(2)12-6-7-17(16,3)13(8-12)22-15(21)11-4-5-14-19-18-10-20(14)9-11/h4-5,9-10,12-13H,6-8H2,1-3H3/t12-,13-,17-/m0/s1. The second-order valence-electron chi connectivity index (χ2n) is 7.52. The summed E-state index contributed by atoms with van der Waals surface area (Å²) in [6.45, 7) is 6.92. The molecule has 2 heterocycles. The Morgan fingerprint density at radius 2 is 2.18 bits per heavy atom. The molecule has 0 N–H and O–H groups in total. The molecule has 5 heteroatoms. The second-order valence-corrected chi connectivity index (χ2v) is 7.52. The number of hydrogen-bond acceptors (Lipinski definition) is 4. The van der Waals surface area contributed by atoms with Gasteiger partial charge in [-0.15, -0.1) is 10.2 Å². The third-order valence-corrected chi connectivity index (χ3v) is 6.49. The number of esters is 1. The maximum Gasteiger partial charge on any atom is 0.339 e. The topological polar surface area (TPSA) is 56.5 Å². The van der Waals surface area contributed by atoms with Gasteiger partial charge in [0.05, 0.1) is 5.56 Å². The van der Waals surface area contributed by atoms with Gasteiger partial charge < -0.3 is 4.74 Å². The highest BCUT2D eigenvalue weighted by molar-refractivity contribution is 5.89. The predicted molar refractivity (Wildman–Crippen MR) is 81.4 cm³/mol. The number of fused-ring (bicyclic) bond motifs is 3. The number of hydrogen-bond donors (Lipinski definition) is 0. The molecule has 0 radical (unpaired) electrons. The van der Waals surface area contributed by atoms with Crippen LogP contribution in [0.1, 0.15) is 50.4 Å². The molecule has 2 aromatic rings. The molecule has 2 saturated carbocycles. The number of aromatic nitrogens is 3. The molecular formula is C17H21N3O2. The van der Waals surface area contributed by atoms with Crippen molar-refractivity contribution in [3.63, 3.8) is 0 Å². The molecule has 2 aliphatic carbocycles. The normalized spacial score (nSPS) is 32.5. The lowest BCUT2D eigenvalue weighted by atomic mass is 9.70. The van der Waals surface area contributed by atoms with Crippen molar-refractivity contribution in [1.29, 1.82) is 0 Å². The molecule has 0 aliphatic heterocycles. The highest BCUT2D eigenvalue weighted by atomic mass is 16.5. The number of ether oxygens (including phenoxy) is 1. The number of carbonyl (C=O) groups is 1. The summed E-state index contributed by atoms with van der Waals surface area (Å²) in [6, 6.07) is 3.54. The summed E-state index contributed by atoms with van der Waals surface area (Å²) >= 11 is 0. The third kappa shape index (κ3) is 1.68. The van der Waals surface area contributed by atoms with Crippen LogP contribution in [0, 0.1) is 16.7 Å². The Kier molecular flexibility index (Phi) is 2.69. The predicted octanol–water partition coefficient (Wildman–Crippen LogP) is 3.10. The molecule has 22 heavy (non-hydrogen) atoms. The highest BCUT2D eigenvalue weighted by Crippen LogP contribution is 2.66. The molecule has 2 fully saturated rings. The first kappa shape index (κ1) is 13.7. The zero-order chi connectivity index (χ0) is 15.5. The van der Waals surface area contributed by atoms with E-state index in [1.54, 1.807) is 29.1 Å². The Balaban J connectivity index is 1.58. The van der Waals surface area contributed by atoms with Gasteiger partial charge >= 0.3 is 5.97 Å². The fraction of sp³-hybridized carbons (Fsp3) is 0.588. The number of nitrogens with zero attached hydrogens (tertiary/aromatic N) is 3. The lowest BCUT2D eigenvalue weighted by Crippen LogP contribution is -2.38. The number of pyridine rings is 1. The highest BCUT2D eigenvalue weighted by Gasteiger charge is 2.62. The van der Waals surface area contributed by atoms with Crippen LogP contribution in [0.4, 0.5) is 0 Å². The Hall–Kier alpha value is -1.91.